The van der Waals surface area contributed by atoms with Crippen LogP contribution in [0.5, 0.6) is 0 Å². The van der Waals surface area contributed by atoms with Gasteiger partial charge in [0.25, 0.3) is 0 Å². The molecule has 1 heterocycles. The molecule has 1 saturated heterocycles. The Balaban J connectivity index is 1.98. The van der Waals surface area contributed by atoms with E-state index in [-0.39, 0.29) is 13.2 Å². The largest absolute Gasteiger partial charge is 0.394 e. The van der Waals surface area contributed by atoms with Gasteiger partial charge in [0.1, 0.15) is 37.1 Å². The summed E-state index contributed by atoms with van der Waals surface area (Å²) in [6.45, 7) is 1.81. The van der Waals surface area contributed by atoms with Crippen LogP contribution < -0.4 is 0 Å². The summed E-state index contributed by atoms with van der Waals surface area (Å²) < 4.78 is 11.3. The minimum atomic E-state index is -1.48. The summed E-state index contributed by atoms with van der Waals surface area (Å²) >= 11 is 6.58. The van der Waals surface area contributed by atoms with Crippen LogP contribution in [0.25, 0.3) is 0 Å². The number of aryl methyl sites for hydroxylation is 1. The van der Waals surface area contributed by atoms with Crippen molar-refractivity contribution in [3.05, 3.63) is 69.2 Å². The second-order valence-corrected chi connectivity index (χ2v) is 8.34. The average molecular weight is 461 g/mol. The summed E-state index contributed by atoms with van der Waals surface area (Å²) in [4.78, 5) is 0. The summed E-state index contributed by atoms with van der Waals surface area (Å²) in [6, 6.07) is 11.8. The Kier molecular flexibility index (Phi) is 8.69. The van der Waals surface area contributed by atoms with Gasteiger partial charge in [0.05, 0.1) is 13.2 Å². The van der Waals surface area contributed by atoms with Crippen molar-refractivity contribution in [3.63, 3.8) is 0 Å². The van der Waals surface area contributed by atoms with Gasteiger partial charge in [-0.1, -0.05) is 54.8 Å². The molecule has 1 aliphatic heterocycles. The number of ether oxygens (including phenoxy) is 2. The first kappa shape index (κ1) is 24.7. The molecular formula is C25H29ClO6. The first-order valence-corrected chi connectivity index (χ1v) is 11.0. The highest BCUT2D eigenvalue weighted by atomic mass is 35.5. The van der Waals surface area contributed by atoms with E-state index in [1.807, 2.05) is 18.2 Å². The van der Waals surface area contributed by atoms with Gasteiger partial charge in [-0.2, -0.15) is 0 Å². The summed E-state index contributed by atoms with van der Waals surface area (Å²) in [5, 5.41) is 41.2. The van der Waals surface area contributed by atoms with E-state index >= 15 is 0 Å². The highest BCUT2D eigenvalue weighted by molar-refractivity contribution is 6.31. The van der Waals surface area contributed by atoms with Crippen molar-refractivity contribution in [2.24, 2.45) is 0 Å². The van der Waals surface area contributed by atoms with E-state index in [2.05, 4.69) is 25.0 Å². The lowest BCUT2D eigenvalue weighted by Gasteiger charge is -2.41. The fourth-order valence-electron chi connectivity index (χ4n) is 3.89. The van der Waals surface area contributed by atoms with E-state index < -0.39 is 37.1 Å². The van der Waals surface area contributed by atoms with Crippen LogP contribution in [0.1, 0.15) is 40.8 Å². The normalized spacial score (nSPS) is 25.5. The fourth-order valence-corrected chi connectivity index (χ4v) is 4.15. The number of terminal acetylenes is 1. The minimum absolute atomic E-state index is 0.0945. The van der Waals surface area contributed by atoms with Crippen molar-refractivity contribution in [3.8, 4) is 12.3 Å². The lowest BCUT2D eigenvalue weighted by Crippen LogP contribution is -2.55. The molecule has 1 fully saturated rings. The zero-order valence-electron chi connectivity index (χ0n) is 17.9. The smallest absolute Gasteiger partial charge is 0.113 e. The van der Waals surface area contributed by atoms with Crippen LogP contribution in [0.15, 0.2) is 36.4 Å². The molecule has 5 atom stereocenters. The molecule has 2 aromatic rings. The third-order valence-electron chi connectivity index (χ3n) is 5.78. The number of hydrogen-bond donors (Lipinski definition) is 4. The predicted octanol–water partition coefficient (Wildman–Crippen LogP) is 2.16. The highest BCUT2D eigenvalue weighted by Crippen LogP contribution is 2.37. The molecule has 0 bridgehead atoms. The molecule has 0 unspecified atom stereocenters. The highest BCUT2D eigenvalue weighted by Gasteiger charge is 2.44. The maximum absolute atomic E-state index is 10.7. The first-order chi connectivity index (χ1) is 15.4. The zero-order chi connectivity index (χ0) is 23.3. The van der Waals surface area contributed by atoms with Crippen LogP contribution in [-0.2, 0) is 28.9 Å². The molecule has 0 spiro atoms. The molecule has 1 aliphatic rings. The summed E-state index contributed by atoms with van der Waals surface area (Å²) in [7, 11) is 0. The van der Waals surface area contributed by atoms with Crippen LogP contribution in [0.2, 0.25) is 5.02 Å². The van der Waals surface area contributed by atoms with Crippen molar-refractivity contribution >= 4 is 11.6 Å². The Morgan fingerprint density at radius 1 is 1.03 bits per heavy atom. The lowest BCUT2D eigenvalue weighted by molar-refractivity contribution is -0.232. The number of rotatable bonds is 8. The summed E-state index contributed by atoms with van der Waals surface area (Å²) in [5.74, 6) is 2.40. The molecule has 2 aromatic carbocycles. The SMILES string of the molecule is C#CCOCc1cc(Cl)c(Cc2ccc(CC)cc2)cc1[C@H]1O[C@H](CO)[C@H](O)[C@H](O)[C@H]1O. The van der Waals surface area contributed by atoms with Gasteiger partial charge in [-0.3, -0.25) is 0 Å². The van der Waals surface area contributed by atoms with Gasteiger partial charge in [0.2, 0.25) is 0 Å². The predicted molar refractivity (Wildman–Crippen MR) is 121 cm³/mol. The maximum atomic E-state index is 10.7. The third-order valence-corrected chi connectivity index (χ3v) is 6.13. The summed E-state index contributed by atoms with van der Waals surface area (Å²) in [6.07, 6.45) is 0.451. The standard InChI is InChI=1S/C25H29ClO6/c1-3-9-31-14-18-12-20(26)17(10-16-7-5-15(4-2)6-8-16)11-19(18)25-24(30)23(29)22(28)21(13-27)32-25/h1,5-8,11-12,21-25,27-30H,4,9-10,13-14H2,2H3/t21-,22+,23+,24-,25-/m1/s1. The van der Waals surface area contributed by atoms with Crippen molar-refractivity contribution < 1.29 is 29.9 Å². The third kappa shape index (κ3) is 5.51. The average Bonchev–Trinajstić information content (AvgIpc) is 2.80. The van der Waals surface area contributed by atoms with Crippen molar-refractivity contribution in [2.45, 2.75) is 56.9 Å². The molecule has 32 heavy (non-hydrogen) atoms. The Labute approximate surface area is 193 Å². The van der Waals surface area contributed by atoms with Crippen molar-refractivity contribution in [1.29, 1.82) is 0 Å². The number of aliphatic hydroxyl groups excluding tert-OH is 4. The van der Waals surface area contributed by atoms with Crippen molar-refractivity contribution in [1.82, 2.24) is 0 Å². The van der Waals surface area contributed by atoms with Gasteiger partial charge in [-0.15, -0.1) is 6.42 Å². The molecule has 172 valence electrons. The molecule has 0 amide bonds. The fraction of sp³-hybridized carbons (Fsp3) is 0.440. The van der Waals surface area contributed by atoms with E-state index in [1.165, 1.54) is 5.56 Å². The Morgan fingerprint density at radius 3 is 2.34 bits per heavy atom. The van der Waals surface area contributed by atoms with Gasteiger partial charge in [0, 0.05) is 5.02 Å². The lowest BCUT2D eigenvalue weighted by atomic mass is 9.87. The van der Waals surface area contributed by atoms with Gasteiger partial charge in [0.15, 0.2) is 0 Å². The second-order valence-electron chi connectivity index (χ2n) is 7.94. The van der Waals surface area contributed by atoms with Gasteiger partial charge in [-0.05, 0) is 46.7 Å². The molecule has 4 N–H and O–H groups in total. The van der Waals surface area contributed by atoms with E-state index in [0.717, 1.165) is 17.5 Å². The van der Waals surface area contributed by atoms with E-state index in [4.69, 9.17) is 27.5 Å². The summed E-state index contributed by atoms with van der Waals surface area (Å²) in [5.41, 5.74) is 4.31. The molecular weight excluding hydrogens is 432 g/mol. The zero-order valence-corrected chi connectivity index (χ0v) is 18.7. The molecule has 3 rings (SSSR count). The van der Waals surface area contributed by atoms with Crippen LogP contribution in [0.4, 0.5) is 0 Å². The van der Waals surface area contributed by atoms with Gasteiger partial charge in [-0.25, -0.2) is 0 Å². The van der Waals surface area contributed by atoms with E-state index in [9.17, 15) is 20.4 Å². The van der Waals surface area contributed by atoms with Gasteiger partial charge >= 0.3 is 0 Å². The number of benzene rings is 2. The second kappa shape index (κ2) is 11.3. The number of halogens is 1. The topological polar surface area (TPSA) is 99.4 Å². The van der Waals surface area contributed by atoms with Crippen molar-refractivity contribution in [2.75, 3.05) is 13.2 Å². The molecule has 0 saturated carbocycles. The number of hydrogen-bond acceptors (Lipinski definition) is 6. The quantitative estimate of drug-likeness (QED) is 0.356. The molecule has 7 heteroatoms. The van der Waals surface area contributed by atoms with Crippen LogP contribution >= 0.6 is 11.6 Å². The Hall–Kier alpha value is -1.95. The minimum Gasteiger partial charge on any atom is -0.394 e. The monoisotopic (exact) mass is 460 g/mol. The van der Waals surface area contributed by atoms with Crippen LogP contribution in [0.3, 0.4) is 0 Å². The van der Waals surface area contributed by atoms with E-state index in [1.54, 1.807) is 6.07 Å². The molecule has 0 aromatic heterocycles. The van der Waals surface area contributed by atoms with E-state index in [0.29, 0.717) is 22.6 Å². The molecule has 0 radical (unpaired) electrons. The molecule has 6 nitrogen and oxygen atoms in total. The van der Waals surface area contributed by atoms with Gasteiger partial charge < -0.3 is 29.9 Å². The van der Waals surface area contributed by atoms with Crippen LogP contribution in [-0.4, -0.2) is 58.1 Å². The van der Waals surface area contributed by atoms with Crippen LogP contribution in [0, 0.1) is 12.3 Å². The first-order valence-electron chi connectivity index (χ1n) is 10.6. The number of aliphatic hydroxyl groups is 4. The Morgan fingerprint density at radius 2 is 1.72 bits per heavy atom. The Bertz CT molecular complexity index is 937. The maximum Gasteiger partial charge on any atom is 0.113 e. The molecule has 0 aliphatic carbocycles.